The van der Waals surface area contributed by atoms with Crippen molar-refractivity contribution < 1.29 is 15.0 Å². The van der Waals surface area contributed by atoms with Gasteiger partial charge in [0.2, 0.25) is 0 Å². The molecule has 4 nitrogen and oxygen atoms in total. The maximum atomic E-state index is 10.4. The van der Waals surface area contributed by atoms with Crippen LogP contribution in [-0.2, 0) is 11.3 Å². The van der Waals surface area contributed by atoms with Crippen LogP contribution >= 0.6 is 0 Å². The number of carbonyl (C=O) groups is 1. The normalized spacial score (nSPS) is 12.7. The quantitative estimate of drug-likeness (QED) is 0.791. The summed E-state index contributed by atoms with van der Waals surface area (Å²) < 4.78 is 0. The Morgan fingerprint density at radius 3 is 2.58 bits per heavy atom. The highest BCUT2D eigenvalue weighted by atomic mass is 16.4. The van der Waals surface area contributed by atoms with Crippen molar-refractivity contribution in [3.05, 3.63) is 34.9 Å². The van der Waals surface area contributed by atoms with Gasteiger partial charge in [0.15, 0.2) is 0 Å². The summed E-state index contributed by atoms with van der Waals surface area (Å²) in [6.45, 7) is 5.41. The molecule has 1 unspecified atom stereocenters. The van der Waals surface area contributed by atoms with Crippen molar-refractivity contribution in [2.24, 2.45) is 0 Å². The van der Waals surface area contributed by atoms with E-state index in [-0.39, 0.29) is 6.42 Å². The highest BCUT2D eigenvalue weighted by Gasteiger charge is 2.10. The maximum absolute atomic E-state index is 10.4. The number of aliphatic carboxylic acids is 1. The standard InChI is InChI=1S/C15H23NO3/c1-11-4-5-13(8-12(11)2)9-16(3)10-14(17)6-7-15(18)19/h4-5,8,14,17H,6-7,9-10H2,1-3H3,(H,18,19). The second kappa shape index (κ2) is 7.26. The molecule has 4 heteroatoms. The minimum Gasteiger partial charge on any atom is -0.481 e. The molecule has 1 atom stereocenters. The van der Waals surface area contributed by atoms with Crippen molar-refractivity contribution in [3.8, 4) is 0 Å². The van der Waals surface area contributed by atoms with Crippen LogP contribution in [0.15, 0.2) is 18.2 Å². The molecule has 2 N–H and O–H groups in total. The van der Waals surface area contributed by atoms with Gasteiger partial charge in [0.05, 0.1) is 6.10 Å². The molecule has 0 aliphatic heterocycles. The Morgan fingerprint density at radius 1 is 1.32 bits per heavy atom. The van der Waals surface area contributed by atoms with Crippen LogP contribution in [0, 0.1) is 13.8 Å². The molecule has 0 spiro atoms. The Balaban J connectivity index is 2.43. The molecule has 1 rings (SSSR count). The second-order valence-corrected chi connectivity index (χ2v) is 5.20. The van der Waals surface area contributed by atoms with Gasteiger partial charge in [-0.2, -0.15) is 0 Å². The average Bonchev–Trinajstić information content (AvgIpc) is 2.31. The van der Waals surface area contributed by atoms with Gasteiger partial charge in [0.25, 0.3) is 0 Å². The number of rotatable bonds is 7. The summed E-state index contributed by atoms with van der Waals surface area (Å²) in [5.74, 6) is -0.865. The summed E-state index contributed by atoms with van der Waals surface area (Å²) in [6.07, 6.45) is -0.279. The van der Waals surface area contributed by atoms with Gasteiger partial charge in [-0.15, -0.1) is 0 Å². The number of carboxylic acids is 1. The minimum atomic E-state index is -0.865. The van der Waals surface area contributed by atoms with Crippen molar-refractivity contribution in [3.63, 3.8) is 0 Å². The van der Waals surface area contributed by atoms with Gasteiger partial charge in [-0.3, -0.25) is 9.69 Å². The van der Waals surface area contributed by atoms with E-state index in [2.05, 4.69) is 32.0 Å². The Bertz CT molecular complexity index is 431. The van der Waals surface area contributed by atoms with Crippen molar-refractivity contribution in [2.75, 3.05) is 13.6 Å². The summed E-state index contributed by atoms with van der Waals surface area (Å²) in [6, 6.07) is 6.33. The van der Waals surface area contributed by atoms with Crippen molar-refractivity contribution in [1.82, 2.24) is 4.90 Å². The van der Waals surface area contributed by atoms with Gasteiger partial charge in [0, 0.05) is 19.5 Å². The monoisotopic (exact) mass is 265 g/mol. The molecule has 0 saturated heterocycles. The molecule has 1 aromatic rings. The Kier molecular flexibility index (Phi) is 5.99. The van der Waals surface area contributed by atoms with Crippen molar-refractivity contribution >= 4 is 5.97 Å². The third kappa shape index (κ3) is 5.85. The van der Waals surface area contributed by atoms with E-state index < -0.39 is 12.1 Å². The van der Waals surface area contributed by atoms with Gasteiger partial charge < -0.3 is 10.2 Å². The van der Waals surface area contributed by atoms with Crippen LogP contribution in [0.25, 0.3) is 0 Å². The van der Waals surface area contributed by atoms with Crippen LogP contribution in [0.2, 0.25) is 0 Å². The fourth-order valence-electron chi connectivity index (χ4n) is 2.02. The van der Waals surface area contributed by atoms with Gasteiger partial charge in [0.1, 0.15) is 0 Å². The fraction of sp³-hybridized carbons (Fsp3) is 0.533. The molecule has 0 aromatic heterocycles. The summed E-state index contributed by atoms with van der Waals surface area (Å²) in [5.41, 5.74) is 3.74. The molecule has 0 radical (unpaired) electrons. The first kappa shape index (κ1) is 15.7. The highest BCUT2D eigenvalue weighted by molar-refractivity contribution is 5.66. The van der Waals surface area contributed by atoms with E-state index >= 15 is 0 Å². The smallest absolute Gasteiger partial charge is 0.303 e. The summed E-state index contributed by atoms with van der Waals surface area (Å²) >= 11 is 0. The number of aliphatic hydroxyl groups excluding tert-OH is 1. The fourth-order valence-corrected chi connectivity index (χ4v) is 2.02. The van der Waals surface area contributed by atoms with E-state index in [0.29, 0.717) is 13.0 Å². The molecule has 0 heterocycles. The second-order valence-electron chi connectivity index (χ2n) is 5.20. The van der Waals surface area contributed by atoms with Crippen LogP contribution in [0.4, 0.5) is 0 Å². The highest BCUT2D eigenvalue weighted by Crippen LogP contribution is 2.12. The van der Waals surface area contributed by atoms with E-state index in [1.54, 1.807) is 0 Å². The van der Waals surface area contributed by atoms with Crippen LogP contribution in [-0.4, -0.2) is 40.8 Å². The van der Waals surface area contributed by atoms with E-state index in [1.807, 2.05) is 11.9 Å². The lowest BCUT2D eigenvalue weighted by Crippen LogP contribution is -2.29. The van der Waals surface area contributed by atoms with E-state index in [4.69, 9.17) is 5.11 Å². The zero-order chi connectivity index (χ0) is 14.4. The predicted octanol–water partition coefficient (Wildman–Crippen LogP) is 1.96. The molecule has 0 aliphatic rings. The van der Waals surface area contributed by atoms with E-state index in [0.717, 1.165) is 6.54 Å². The van der Waals surface area contributed by atoms with Gasteiger partial charge in [-0.25, -0.2) is 0 Å². The number of nitrogens with zero attached hydrogens (tertiary/aromatic N) is 1. The summed E-state index contributed by atoms with van der Waals surface area (Å²) in [4.78, 5) is 12.4. The molecule has 0 amide bonds. The van der Waals surface area contributed by atoms with Crippen LogP contribution < -0.4 is 0 Å². The average molecular weight is 265 g/mol. The van der Waals surface area contributed by atoms with E-state index in [9.17, 15) is 9.90 Å². The molecule has 0 fully saturated rings. The Labute approximate surface area is 114 Å². The van der Waals surface area contributed by atoms with E-state index in [1.165, 1.54) is 16.7 Å². The van der Waals surface area contributed by atoms with Crippen LogP contribution in [0.1, 0.15) is 29.5 Å². The number of hydrogen-bond donors (Lipinski definition) is 2. The largest absolute Gasteiger partial charge is 0.481 e. The molecule has 0 aliphatic carbocycles. The third-order valence-corrected chi connectivity index (χ3v) is 3.24. The number of benzene rings is 1. The van der Waals surface area contributed by atoms with Crippen LogP contribution in [0.3, 0.4) is 0 Å². The molecule has 0 saturated carbocycles. The van der Waals surface area contributed by atoms with Gasteiger partial charge in [-0.05, 0) is 44.0 Å². The van der Waals surface area contributed by atoms with Gasteiger partial charge in [-0.1, -0.05) is 18.2 Å². The lowest BCUT2D eigenvalue weighted by atomic mass is 10.1. The first-order chi connectivity index (χ1) is 8.88. The minimum absolute atomic E-state index is 0.0125. The molecule has 106 valence electrons. The first-order valence-corrected chi connectivity index (χ1v) is 6.53. The molecule has 19 heavy (non-hydrogen) atoms. The molecule has 1 aromatic carbocycles. The van der Waals surface area contributed by atoms with Crippen LogP contribution in [0.5, 0.6) is 0 Å². The van der Waals surface area contributed by atoms with Crippen molar-refractivity contribution in [2.45, 2.75) is 39.3 Å². The number of aliphatic hydroxyl groups is 1. The molecular weight excluding hydrogens is 242 g/mol. The summed E-state index contributed by atoms with van der Waals surface area (Å²) in [5, 5.41) is 18.3. The topological polar surface area (TPSA) is 60.8 Å². The predicted molar refractivity (Wildman–Crippen MR) is 75.1 cm³/mol. The third-order valence-electron chi connectivity index (χ3n) is 3.24. The number of likely N-dealkylation sites (N-methyl/N-ethyl adjacent to an activating group) is 1. The van der Waals surface area contributed by atoms with Gasteiger partial charge >= 0.3 is 5.97 Å². The first-order valence-electron chi connectivity index (χ1n) is 6.53. The lowest BCUT2D eigenvalue weighted by molar-refractivity contribution is -0.137. The number of carboxylic acid groups (broad SMARTS) is 1. The lowest BCUT2D eigenvalue weighted by Gasteiger charge is -2.20. The Hall–Kier alpha value is -1.39. The molecule has 0 bridgehead atoms. The summed E-state index contributed by atoms with van der Waals surface area (Å²) in [7, 11) is 1.93. The SMILES string of the molecule is Cc1ccc(CN(C)CC(O)CCC(=O)O)cc1C. The Morgan fingerprint density at radius 2 is 2.00 bits per heavy atom. The zero-order valence-corrected chi connectivity index (χ0v) is 11.9. The van der Waals surface area contributed by atoms with Crippen molar-refractivity contribution in [1.29, 1.82) is 0 Å². The number of aryl methyl sites for hydroxylation is 2. The molecular formula is C15H23NO3. The maximum Gasteiger partial charge on any atom is 0.303 e. The zero-order valence-electron chi connectivity index (χ0n) is 11.9. The number of hydrogen-bond acceptors (Lipinski definition) is 3.